The van der Waals surface area contributed by atoms with Crippen LogP contribution in [0.3, 0.4) is 0 Å². The van der Waals surface area contributed by atoms with Gasteiger partial charge in [0.15, 0.2) is 5.96 Å². The van der Waals surface area contributed by atoms with Gasteiger partial charge in [-0.05, 0) is 43.2 Å². The fraction of sp³-hybridized carbons (Fsp3) is 0.333. The van der Waals surface area contributed by atoms with E-state index in [-0.39, 0.29) is 5.91 Å². The van der Waals surface area contributed by atoms with E-state index in [1.165, 1.54) is 18.1 Å². The zero-order valence-electron chi connectivity index (χ0n) is 16.2. The molecule has 0 heterocycles. The lowest BCUT2D eigenvalue weighted by molar-refractivity contribution is -0.114. The number of nitrogens with one attached hydrogen (secondary N) is 3. The van der Waals surface area contributed by atoms with Crippen molar-refractivity contribution in [2.24, 2.45) is 4.99 Å². The highest BCUT2D eigenvalue weighted by atomic mass is 16.5. The van der Waals surface area contributed by atoms with Crippen LogP contribution in [0, 0.1) is 6.92 Å². The molecule has 0 unspecified atom stereocenters. The van der Waals surface area contributed by atoms with Gasteiger partial charge < -0.3 is 20.7 Å². The highest BCUT2D eigenvalue weighted by Gasteiger charge is 2.00. The van der Waals surface area contributed by atoms with Crippen molar-refractivity contribution in [1.29, 1.82) is 0 Å². The van der Waals surface area contributed by atoms with Crippen LogP contribution >= 0.6 is 0 Å². The Morgan fingerprint density at radius 2 is 1.67 bits per heavy atom. The van der Waals surface area contributed by atoms with E-state index in [2.05, 4.69) is 27.9 Å². The van der Waals surface area contributed by atoms with Gasteiger partial charge in [0.25, 0.3) is 0 Å². The SMILES string of the molecule is CN=C(NCCOc1ccc(C)cc1)NCCc1ccc(NC(C)=O)cc1. The third-order valence-electron chi connectivity index (χ3n) is 3.89. The summed E-state index contributed by atoms with van der Waals surface area (Å²) in [5, 5.41) is 9.28. The van der Waals surface area contributed by atoms with E-state index >= 15 is 0 Å². The lowest BCUT2D eigenvalue weighted by atomic mass is 10.1. The van der Waals surface area contributed by atoms with Crippen LogP contribution in [0.2, 0.25) is 0 Å². The molecule has 0 aliphatic carbocycles. The first-order chi connectivity index (χ1) is 13.1. The Morgan fingerprint density at radius 3 is 2.30 bits per heavy atom. The molecule has 0 aromatic heterocycles. The van der Waals surface area contributed by atoms with Crippen LogP contribution in [0.5, 0.6) is 5.75 Å². The summed E-state index contributed by atoms with van der Waals surface area (Å²) in [6.45, 7) is 5.55. The fourth-order valence-electron chi connectivity index (χ4n) is 2.48. The van der Waals surface area contributed by atoms with Gasteiger partial charge in [0.2, 0.25) is 5.91 Å². The van der Waals surface area contributed by atoms with Gasteiger partial charge >= 0.3 is 0 Å². The molecule has 0 fully saturated rings. The van der Waals surface area contributed by atoms with Crippen molar-refractivity contribution < 1.29 is 9.53 Å². The zero-order valence-corrected chi connectivity index (χ0v) is 16.2. The van der Waals surface area contributed by atoms with Gasteiger partial charge in [-0.1, -0.05) is 29.8 Å². The summed E-state index contributed by atoms with van der Waals surface area (Å²) in [7, 11) is 1.75. The number of rotatable bonds is 8. The predicted molar refractivity (Wildman–Crippen MR) is 110 cm³/mol. The van der Waals surface area contributed by atoms with E-state index in [0.717, 1.165) is 30.4 Å². The van der Waals surface area contributed by atoms with E-state index in [1.54, 1.807) is 7.05 Å². The van der Waals surface area contributed by atoms with Crippen molar-refractivity contribution in [3.8, 4) is 5.75 Å². The maximum Gasteiger partial charge on any atom is 0.221 e. The summed E-state index contributed by atoms with van der Waals surface area (Å²) in [5.74, 6) is 1.55. The molecule has 27 heavy (non-hydrogen) atoms. The highest BCUT2D eigenvalue weighted by molar-refractivity contribution is 5.88. The molecule has 6 nitrogen and oxygen atoms in total. The predicted octanol–water partition coefficient (Wildman–Crippen LogP) is 2.74. The van der Waals surface area contributed by atoms with Gasteiger partial charge in [-0.25, -0.2) is 0 Å². The summed E-state index contributed by atoms with van der Waals surface area (Å²) < 4.78 is 5.69. The van der Waals surface area contributed by atoms with Crippen LogP contribution < -0.4 is 20.7 Å². The van der Waals surface area contributed by atoms with E-state index < -0.39 is 0 Å². The molecule has 0 atom stereocenters. The molecule has 0 radical (unpaired) electrons. The maximum atomic E-state index is 11.0. The molecule has 1 amide bonds. The number of hydrogen-bond acceptors (Lipinski definition) is 3. The fourth-order valence-corrected chi connectivity index (χ4v) is 2.48. The molecule has 0 aliphatic heterocycles. The summed E-state index contributed by atoms with van der Waals surface area (Å²) in [5.41, 5.74) is 3.22. The average Bonchev–Trinajstić information content (AvgIpc) is 2.66. The van der Waals surface area contributed by atoms with E-state index in [0.29, 0.717) is 13.2 Å². The first-order valence-electron chi connectivity index (χ1n) is 9.07. The van der Waals surface area contributed by atoms with E-state index in [1.807, 2.05) is 48.5 Å². The molecular formula is C21H28N4O2. The minimum absolute atomic E-state index is 0.0642. The molecule has 144 valence electrons. The average molecular weight is 368 g/mol. The Hall–Kier alpha value is -3.02. The monoisotopic (exact) mass is 368 g/mol. The number of anilines is 1. The third kappa shape index (κ3) is 7.81. The Kier molecular flexibility index (Phi) is 8.16. The second kappa shape index (κ2) is 10.9. The summed E-state index contributed by atoms with van der Waals surface area (Å²) in [6, 6.07) is 15.9. The van der Waals surface area contributed by atoms with Crippen molar-refractivity contribution in [2.75, 3.05) is 32.1 Å². The number of aliphatic imine (C=N–C) groups is 1. The van der Waals surface area contributed by atoms with Gasteiger partial charge in [0.1, 0.15) is 12.4 Å². The van der Waals surface area contributed by atoms with Gasteiger partial charge in [-0.2, -0.15) is 0 Å². The molecule has 0 saturated heterocycles. The van der Waals surface area contributed by atoms with Crippen molar-refractivity contribution in [1.82, 2.24) is 10.6 Å². The van der Waals surface area contributed by atoms with Gasteiger partial charge in [0, 0.05) is 26.2 Å². The first kappa shape index (κ1) is 20.3. The molecule has 6 heteroatoms. The Bertz CT molecular complexity index is 740. The molecule has 0 saturated carbocycles. The second-order valence-electron chi connectivity index (χ2n) is 6.22. The number of carbonyl (C=O) groups is 1. The first-order valence-corrected chi connectivity index (χ1v) is 9.07. The number of ether oxygens (including phenoxy) is 1. The number of guanidine groups is 1. The van der Waals surface area contributed by atoms with Crippen molar-refractivity contribution >= 4 is 17.6 Å². The van der Waals surface area contributed by atoms with Crippen LogP contribution in [0.4, 0.5) is 5.69 Å². The minimum atomic E-state index is -0.0642. The van der Waals surface area contributed by atoms with Crippen LogP contribution in [-0.4, -0.2) is 38.6 Å². The van der Waals surface area contributed by atoms with Crippen LogP contribution in [0.1, 0.15) is 18.1 Å². The normalized spacial score (nSPS) is 11.0. The minimum Gasteiger partial charge on any atom is -0.492 e. The molecule has 3 N–H and O–H groups in total. The lowest BCUT2D eigenvalue weighted by Gasteiger charge is -2.13. The largest absolute Gasteiger partial charge is 0.492 e. The smallest absolute Gasteiger partial charge is 0.221 e. The van der Waals surface area contributed by atoms with Gasteiger partial charge in [-0.3, -0.25) is 9.79 Å². The van der Waals surface area contributed by atoms with Crippen molar-refractivity contribution in [3.63, 3.8) is 0 Å². The van der Waals surface area contributed by atoms with Crippen molar-refractivity contribution in [3.05, 3.63) is 59.7 Å². The number of benzene rings is 2. The molecular weight excluding hydrogens is 340 g/mol. The molecule has 0 spiro atoms. The van der Waals surface area contributed by atoms with Gasteiger partial charge in [0.05, 0.1) is 6.54 Å². The number of amides is 1. The zero-order chi connectivity index (χ0) is 19.5. The van der Waals surface area contributed by atoms with E-state index in [9.17, 15) is 4.79 Å². The molecule has 0 bridgehead atoms. The number of carbonyl (C=O) groups excluding carboxylic acids is 1. The summed E-state index contributed by atoms with van der Waals surface area (Å²) in [4.78, 5) is 15.2. The molecule has 0 aliphatic rings. The third-order valence-corrected chi connectivity index (χ3v) is 3.89. The highest BCUT2D eigenvalue weighted by Crippen LogP contribution is 2.11. The lowest BCUT2D eigenvalue weighted by Crippen LogP contribution is -2.40. The number of hydrogen-bond donors (Lipinski definition) is 3. The topological polar surface area (TPSA) is 74.8 Å². The van der Waals surface area contributed by atoms with Crippen molar-refractivity contribution in [2.45, 2.75) is 20.3 Å². The molecule has 2 aromatic rings. The number of nitrogens with zero attached hydrogens (tertiary/aromatic N) is 1. The standard InChI is InChI=1S/C21H28N4O2/c1-16-4-10-20(11-5-16)27-15-14-24-21(22-3)23-13-12-18-6-8-19(9-7-18)25-17(2)26/h4-11H,12-15H2,1-3H3,(H,25,26)(H2,22,23,24). The Balaban J connectivity index is 1.65. The Labute approximate surface area is 161 Å². The quantitative estimate of drug-likeness (QED) is 0.380. The summed E-state index contributed by atoms with van der Waals surface area (Å²) >= 11 is 0. The molecule has 2 rings (SSSR count). The number of aryl methyl sites for hydroxylation is 1. The Morgan fingerprint density at radius 1 is 1.00 bits per heavy atom. The summed E-state index contributed by atoms with van der Waals surface area (Å²) in [6.07, 6.45) is 0.862. The van der Waals surface area contributed by atoms with Gasteiger partial charge in [-0.15, -0.1) is 0 Å². The van der Waals surface area contributed by atoms with E-state index in [4.69, 9.17) is 4.74 Å². The second-order valence-corrected chi connectivity index (χ2v) is 6.22. The van der Waals surface area contributed by atoms with Crippen LogP contribution in [-0.2, 0) is 11.2 Å². The maximum absolute atomic E-state index is 11.0. The van der Waals surface area contributed by atoms with Crippen LogP contribution in [0.15, 0.2) is 53.5 Å². The molecule has 2 aromatic carbocycles. The van der Waals surface area contributed by atoms with Crippen LogP contribution in [0.25, 0.3) is 0 Å².